The van der Waals surface area contributed by atoms with Gasteiger partial charge in [-0.05, 0) is 65.4 Å². The summed E-state index contributed by atoms with van der Waals surface area (Å²) in [5.41, 5.74) is 0.500. The molecule has 226 valence electrons. The number of fused-ring (bicyclic) bond motifs is 2. The van der Waals surface area contributed by atoms with Crippen molar-refractivity contribution in [1.29, 1.82) is 0 Å². The van der Waals surface area contributed by atoms with Gasteiger partial charge in [0.15, 0.2) is 6.23 Å². The molecule has 2 heterocycles. The molecule has 1 saturated heterocycles. The summed E-state index contributed by atoms with van der Waals surface area (Å²) in [7, 11) is 3.30. The molecule has 3 aromatic rings. The molecule has 5 rings (SSSR count). The van der Waals surface area contributed by atoms with E-state index in [1.807, 2.05) is 20.8 Å². The molecule has 1 spiro atoms. The zero-order valence-corrected chi connectivity index (χ0v) is 25.9. The number of nitrogens with one attached hydrogen (secondary N) is 3. The zero-order valence-electron chi connectivity index (χ0n) is 24.4. The number of rotatable bonds is 5. The molecule has 2 aliphatic rings. The summed E-state index contributed by atoms with van der Waals surface area (Å²) in [6, 6.07) is 15.5. The number of nitrogens with zero attached hydrogens (tertiary/aromatic N) is 1. The summed E-state index contributed by atoms with van der Waals surface area (Å²) in [5, 5.41) is 9.33. The molecule has 0 saturated carbocycles. The van der Waals surface area contributed by atoms with Crippen LogP contribution in [-0.4, -0.2) is 49.2 Å². The van der Waals surface area contributed by atoms with E-state index in [9.17, 15) is 14.4 Å². The van der Waals surface area contributed by atoms with Gasteiger partial charge in [0.25, 0.3) is 5.91 Å². The lowest BCUT2D eigenvalue weighted by Crippen LogP contribution is -2.49. The van der Waals surface area contributed by atoms with Crippen molar-refractivity contribution in [2.75, 3.05) is 24.7 Å². The second-order valence-electron chi connectivity index (χ2n) is 12.3. The Labute approximate surface area is 259 Å². The van der Waals surface area contributed by atoms with Crippen LogP contribution >= 0.6 is 23.2 Å². The van der Waals surface area contributed by atoms with Crippen LogP contribution in [0.25, 0.3) is 0 Å². The predicted octanol–water partition coefficient (Wildman–Crippen LogP) is 6.79. The number of halogens is 3. The van der Waals surface area contributed by atoms with Crippen LogP contribution in [0.1, 0.15) is 54.6 Å². The Balaban J connectivity index is 1.57. The SMILES string of the molecule is CN(C)C(=O)c1ccc(NC(=O)O[C@H]2N[C@@H](CC(C)(C)C)[C@@]3(C(=O)Nc4cc(Cl)ccc43)[C@H]2c2cccc(Cl)c2F)cc1. The normalized spacial score (nSPS) is 22.7. The van der Waals surface area contributed by atoms with Gasteiger partial charge in [0.1, 0.15) is 11.2 Å². The van der Waals surface area contributed by atoms with Gasteiger partial charge in [0.05, 0.1) is 10.9 Å². The van der Waals surface area contributed by atoms with Crippen molar-refractivity contribution in [3.05, 3.63) is 93.2 Å². The number of carbonyl (C=O) groups excluding carboxylic acids is 3. The Morgan fingerprint density at radius 2 is 1.77 bits per heavy atom. The third-order valence-electron chi connectivity index (χ3n) is 7.91. The first-order chi connectivity index (χ1) is 20.2. The summed E-state index contributed by atoms with van der Waals surface area (Å²) in [4.78, 5) is 41.2. The quantitative estimate of drug-likeness (QED) is 0.289. The Bertz CT molecular complexity index is 1590. The molecular formula is C32H33Cl2FN4O4. The third kappa shape index (κ3) is 5.69. The second kappa shape index (κ2) is 11.4. The molecule has 3 aromatic carbocycles. The molecule has 1 fully saturated rings. The summed E-state index contributed by atoms with van der Waals surface area (Å²) < 4.78 is 21.8. The summed E-state index contributed by atoms with van der Waals surface area (Å²) >= 11 is 12.5. The van der Waals surface area contributed by atoms with E-state index in [0.29, 0.717) is 33.9 Å². The number of ether oxygens (including phenoxy) is 1. The van der Waals surface area contributed by atoms with Crippen molar-refractivity contribution in [1.82, 2.24) is 10.2 Å². The van der Waals surface area contributed by atoms with Crippen molar-refractivity contribution in [2.45, 2.75) is 50.8 Å². The van der Waals surface area contributed by atoms with Gasteiger partial charge in [-0.3, -0.25) is 20.2 Å². The van der Waals surface area contributed by atoms with Gasteiger partial charge < -0.3 is 15.0 Å². The Morgan fingerprint density at radius 3 is 2.42 bits per heavy atom. The molecule has 0 bridgehead atoms. The highest BCUT2D eigenvalue weighted by atomic mass is 35.5. The minimum atomic E-state index is -1.36. The monoisotopic (exact) mass is 626 g/mol. The minimum Gasteiger partial charge on any atom is -0.429 e. The van der Waals surface area contributed by atoms with Crippen LogP contribution < -0.4 is 16.0 Å². The fourth-order valence-corrected chi connectivity index (χ4v) is 6.54. The van der Waals surface area contributed by atoms with E-state index < -0.39 is 35.5 Å². The average Bonchev–Trinajstić information content (AvgIpc) is 3.38. The molecule has 0 aromatic heterocycles. The number of amides is 3. The van der Waals surface area contributed by atoms with Crippen LogP contribution in [-0.2, 0) is 14.9 Å². The first kappa shape index (κ1) is 30.8. The van der Waals surface area contributed by atoms with E-state index in [-0.39, 0.29) is 27.8 Å². The van der Waals surface area contributed by atoms with Crippen LogP contribution in [0.15, 0.2) is 60.7 Å². The zero-order chi connectivity index (χ0) is 31.3. The van der Waals surface area contributed by atoms with Crippen molar-refractivity contribution < 1.29 is 23.5 Å². The highest BCUT2D eigenvalue weighted by molar-refractivity contribution is 6.31. The second-order valence-corrected chi connectivity index (χ2v) is 13.2. The molecule has 4 atom stereocenters. The molecule has 8 nitrogen and oxygen atoms in total. The predicted molar refractivity (Wildman–Crippen MR) is 165 cm³/mol. The summed E-state index contributed by atoms with van der Waals surface area (Å²) in [5.74, 6) is -2.23. The Hall–Kier alpha value is -3.66. The first-order valence-electron chi connectivity index (χ1n) is 13.8. The van der Waals surface area contributed by atoms with Crippen LogP contribution in [0, 0.1) is 11.2 Å². The minimum absolute atomic E-state index is 0.114. The number of benzene rings is 3. The summed E-state index contributed by atoms with van der Waals surface area (Å²) in [6.45, 7) is 6.12. The van der Waals surface area contributed by atoms with Gasteiger partial charge in [0, 0.05) is 42.1 Å². The lowest BCUT2D eigenvalue weighted by molar-refractivity contribution is -0.122. The van der Waals surface area contributed by atoms with Crippen molar-refractivity contribution in [2.24, 2.45) is 5.41 Å². The Morgan fingerprint density at radius 1 is 1.07 bits per heavy atom. The maximum absolute atomic E-state index is 15.8. The van der Waals surface area contributed by atoms with Gasteiger partial charge >= 0.3 is 6.09 Å². The van der Waals surface area contributed by atoms with Crippen LogP contribution in [0.4, 0.5) is 20.6 Å². The van der Waals surface area contributed by atoms with Crippen molar-refractivity contribution in [3.8, 4) is 0 Å². The van der Waals surface area contributed by atoms with Crippen LogP contribution in [0.2, 0.25) is 10.0 Å². The van der Waals surface area contributed by atoms with Crippen LogP contribution in [0.3, 0.4) is 0 Å². The molecule has 0 radical (unpaired) electrons. The van der Waals surface area contributed by atoms with Gasteiger partial charge in [-0.2, -0.15) is 0 Å². The molecule has 11 heteroatoms. The molecule has 3 amide bonds. The lowest BCUT2D eigenvalue weighted by Gasteiger charge is -2.37. The van der Waals surface area contributed by atoms with Gasteiger partial charge in [-0.15, -0.1) is 0 Å². The van der Waals surface area contributed by atoms with Crippen molar-refractivity contribution in [3.63, 3.8) is 0 Å². The van der Waals surface area contributed by atoms with E-state index in [1.165, 1.54) is 11.0 Å². The number of hydrogen-bond donors (Lipinski definition) is 3. The van der Waals surface area contributed by atoms with E-state index in [2.05, 4.69) is 16.0 Å². The highest BCUT2D eigenvalue weighted by Crippen LogP contribution is 2.57. The van der Waals surface area contributed by atoms with E-state index in [4.69, 9.17) is 27.9 Å². The number of anilines is 2. The summed E-state index contributed by atoms with van der Waals surface area (Å²) in [6.07, 6.45) is -1.45. The fraction of sp³-hybridized carbons (Fsp3) is 0.344. The molecule has 43 heavy (non-hydrogen) atoms. The number of carbonyl (C=O) groups is 3. The van der Waals surface area contributed by atoms with Gasteiger partial charge in [0.2, 0.25) is 5.91 Å². The average molecular weight is 628 g/mol. The molecule has 0 unspecified atom stereocenters. The largest absolute Gasteiger partial charge is 0.429 e. The van der Waals surface area contributed by atoms with Crippen LogP contribution in [0.5, 0.6) is 0 Å². The van der Waals surface area contributed by atoms with E-state index in [1.54, 1.807) is 68.7 Å². The first-order valence-corrected chi connectivity index (χ1v) is 14.6. The lowest BCUT2D eigenvalue weighted by atomic mass is 9.63. The standard InChI is InChI=1S/C32H33Cl2FN4O4/c1-31(2,3)16-24-32(21-14-11-18(33)15-23(21)37-29(32)41)25(20-7-6-8-22(34)26(20)35)27(38-24)43-30(42)36-19-12-9-17(10-13-19)28(40)39(4)5/h6-15,24-25,27,38H,16H2,1-5H3,(H,36,42)(H,37,41)/t24-,25-,27+,32+/m0/s1. The topological polar surface area (TPSA) is 99.8 Å². The fourth-order valence-electron chi connectivity index (χ4n) is 6.19. The molecular weight excluding hydrogens is 594 g/mol. The van der Waals surface area contributed by atoms with E-state index in [0.717, 1.165) is 0 Å². The molecule has 0 aliphatic carbocycles. The van der Waals surface area contributed by atoms with Gasteiger partial charge in [-0.25, -0.2) is 9.18 Å². The highest BCUT2D eigenvalue weighted by Gasteiger charge is 2.66. The van der Waals surface area contributed by atoms with Crippen molar-refractivity contribution >= 4 is 52.5 Å². The van der Waals surface area contributed by atoms with E-state index >= 15 is 4.39 Å². The Kier molecular flexibility index (Phi) is 8.19. The molecule has 3 N–H and O–H groups in total. The van der Waals surface area contributed by atoms with Gasteiger partial charge in [-0.1, -0.05) is 62.2 Å². The maximum atomic E-state index is 15.8. The third-order valence-corrected chi connectivity index (χ3v) is 8.44. The molecule has 2 aliphatic heterocycles. The smallest absolute Gasteiger partial charge is 0.413 e. The number of hydrogen-bond acceptors (Lipinski definition) is 5. The maximum Gasteiger partial charge on any atom is 0.413 e.